The van der Waals surface area contributed by atoms with Crippen molar-refractivity contribution in [3.05, 3.63) is 40.9 Å². The van der Waals surface area contributed by atoms with Crippen LogP contribution in [0.2, 0.25) is 0 Å². The first-order valence-corrected chi connectivity index (χ1v) is 8.37. The largest absolute Gasteiger partial charge is 0.382 e. The topological polar surface area (TPSA) is 12.0 Å². The van der Waals surface area contributed by atoms with Crippen molar-refractivity contribution in [2.24, 2.45) is 11.8 Å². The summed E-state index contributed by atoms with van der Waals surface area (Å²) >= 11 is 3.53. The molecule has 2 aromatic rings. The standard InChI is InChI=1S/C18H22BrN/c1-12-3-4-13(2)18(9-12)20-17-8-6-14-10-16(19)7-5-15(14)11-17/h5-8,10-13,18,20H,3-4,9H2,1-2H3. The predicted molar refractivity (Wildman–Crippen MR) is 91.2 cm³/mol. The number of anilines is 1. The minimum absolute atomic E-state index is 0.617. The molecule has 0 radical (unpaired) electrons. The van der Waals surface area contributed by atoms with Gasteiger partial charge >= 0.3 is 0 Å². The lowest BCUT2D eigenvalue weighted by molar-refractivity contribution is 0.281. The van der Waals surface area contributed by atoms with Gasteiger partial charge in [0.2, 0.25) is 0 Å². The van der Waals surface area contributed by atoms with Gasteiger partial charge in [-0.2, -0.15) is 0 Å². The van der Waals surface area contributed by atoms with Crippen molar-refractivity contribution >= 4 is 32.4 Å². The molecule has 3 atom stereocenters. The quantitative estimate of drug-likeness (QED) is 0.728. The Kier molecular flexibility index (Phi) is 4.02. The Morgan fingerprint density at radius 3 is 2.60 bits per heavy atom. The van der Waals surface area contributed by atoms with Crippen LogP contribution in [0, 0.1) is 11.8 Å². The molecule has 1 aliphatic carbocycles. The molecule has 0 saturated heterocycles. The van der Waals surface area contributed by atoms with Crippen molar-refractivity contribution in [2.45, 2.75) is 39.2 Å². The van der Waals surface area contributed by atoms with Crippen molar-refractivity contribution < 1.29 is 0 Å². The lowest BCUT2D eigenvalue weighted by Crippen LogP contribution is -2.33. The number of halogens is 1. The first-order chi connectivity index (χ1) is 9.61. The second-order valence-electron chi connectivity index (χ2n) is 6.35. The highest BCUT2D eigenvalue weighted by Gasteiger charge is 2.25. The Hall–Kier alpha value is -1.02. The molecule has 20 heavy (non-hydrogen) atoms. The first kappa shape index (κ1) is 13.9. The van der Waals surface area contributed by atoms with Crippen molar-refractivity contribution in [2.75, 3.05) is 5.32 Å². The van der Waals surface area contributed by atoms with Crippen LogP contribution in [0.25, 0.3) is 10.8 Å². The summed E-state index contributed by atoms with van der Waals surface area (Å²) in [7, 11) is 0. The summed E-state index contributed by atoms with van der Waals surface area (Å²) in [6, 6.07) is 13.8. The summed E-state index contributed by atoms with van der Waals surface area (Å²) in [6.45, 7) is 4.75. The fourth-order valence-electron chi connectivity index (χ4n) is 3.25. The molecular weight excluding hydrogens is 310 g/mol. The third-order valence-electron chi connectivity index (χ3n) is 4.61. The molecule has 0 bridgehead atoms. The van der Waals surface area contributed by atoms with E-state index < -0.39 is 0 Å². The maximum atomic E-state index is 3.76. The number of hydrogen-bond acceptors (Lipinski definition) is 1. The van der Waals surface area contributed by atoms with Crippen molar-refractivity contribution in [1.82, 2.24) is 0 Å². The monoisotopic (exact) mass is 331 g/mol. The van der Waals surface area contributed by atoms with Gasteiger partial charge in [0.05, 0.1) is 0 Å². The second kappa shape index (κ2) is 5.77. The van der Waals surface area contributed by atoms with Gasteiger partial charge in [0.15, 0.2) is 0 Å². The normalized spacial score (nSPS) is 26.6. The smallest absolute Gasteiger partial charge is 0.0348 e. The van der Waals surface area contributed by atoms with E-state index in [1.165, 1.54) is 35.7 Å². The summed E-state index contributed by atoms with van der Waals surface area (Å²) in [5.74, 6) is 1.62. The molecule has 2 heteroatoms. The molecule has 106 valence electrons. The molecule has 3 unspecified atom stereocenters. The first-order valence-electron chi connectivity index (χ1n) is 7.57. The second-order valence-corrected chi connectivity index (χ2v) is 7.27. The van der Waals surface area contributed by atoms with Crippen LogP contribution < -0.4 is 5.32 Å². The summed E-state index contributed by atoms with van der Waals surface area (Å²) in [4.78, 5) is 0. The van der Waals surface area contributed by atoms with Gasteiger partial charge in [-0.05, 0) is 59.7 Å². The van der Waals surface area contributed by atoms with Gasteiger partial charge in [0, 0.05) is 16.2 Å². The predicted octanol–water partition coefficient (Wildman–Crippen LogP) is 5.84. The molecule has 0 amide bonds. The SMILES string of the molecule is CC1CCC(C)C(Nc2ccc3cc(Br)ccc3c2)C1. The van der Waals surface area contributed by atoms with Crippen molar-refractivity contribution in [1.29, 1.82) is 0 Å². The number of fused-ring (bicyclic) bond motifs is 1. The molecule has 1 aliphatic rings. The fraction of sp³-hybridized carbons (Fsp3) is 0.444. The minimum atomic E-state index is 0.617. The lowest BCUT2D eigenvalue weighted by atomic mass is 9.80. The highest BCUT2D eigenvalue weighted by Crippen LogP contribution is 2.31. The molecule has 1 saturated carbocycles. The number of hydrogen-bond donors (Lipinski definition) is 1. The Morgan fingerprint density at radius 1 is 1.00 bits per heavy atom. The van der Waals surface area contributed by atoms with Crippen LogP contribution in [0.1, 0.15) is 33.1 Å². The van der Waals surface area contributed by atoms with Crippen LogP contribution in [0.15, 0.2) is 40.9 Å². The molecular formula is C18H22BrN. The van der Waals surface area contributed by atoms with Crippen LogP contribution >= 0.6 is 15.9 Å². The number of rotatable bonds is 2. The Balaban J connectivity index is 1.81. The van der Waals surface area contributed by atoms with Crippen LogP contribution in [-0.2, 0) is 0 Å². The van der Waals surface area contributed by atoms with E-state index in [1.54, 1.807) is 0 Å². The minimum Gasteiger partial charge on any atom is -0.382 e. The van der Waals surface area contributed by atoms with Crippen LogP contribution in [-0.4, -0.2) is 6.04 Å². The molecule has 1 N–H and O–H groups in total. The summed E-state index contributed by atoms with van der Waals surface area (Å²) in [6.07, 6.45) is 4.02. The van der Waals surface area contributed by atoms with Gasteiger partial charge in [0.25, 0.3) is 0 Å². The van der Waals surface area contributed by atoms with E-state index in [0.29, 0.717) is 6.04 Å². The highest BCUT2D eigenvalue weighted by molar-refractivity contribution is 9.10. The molecule has 3 rings (SSSR count). The van der Waals surface area contributed by atoms with Crippen LogP contribution in [0.5, 0.6) is 0 Å². The molecule has 1 fully saturated rings. The van der Waals surface area contributed by atoms with Crippen LogP contribution in [0.3, 0.4) is 0 Å². The van der Waals surface area contributed by atoms with Crippen molar-refractivity contribution in [3.8, 4) is 0 Å². The van der Waals surface area contributed by atoms with Gasteiger partial charge in [-0.25, -0.2) is 0 Å². The van der Waals surface area contributed by atoms with E-state index in [-0.39, 0.29) is 0 Å². The lowest BCUT2D eigenvalue weighted by Gasteiger charge is -2.34. The molecule has 0 aliphatic heterocycles. The number of nitrogens with one attached hydrogen (secondary N) is 1. The maximum absolute atomic E-state index is 3.76. The van der Waals surface area contributed by atoms with E-state index in [9.17, 15) is 0 Å². The molecule has 1 nitrogen and oxygen atoms in total. The van der Waals surface area contributed by atoms with E-state index in [2.05, 4.69) is 71.5 Å². The average molecular weight is 332 g/mol. The van der Waals surface area contributed by atoms with Gasteiger partial charge in [-0.1, -0.05) is 48.3 Å². The average Bonchev–Trinajstić information content (AvgIpc) is 2.43. The fourth-order valence-corrected chi connectivity index (χ4v) is 3.63. The molecule has 0 aromatic heterocycles. The zero-order chi connectivity index (χ0) is 14.1. The molecule has 0 heterocycles. The summed E-state index contributed by atoms with van der Waals surface area (Å²) in [5.41, 5.74) is 1.26. The third-order valence-corrected chi connectivity index (χ3v) is 5.11. The van der Waals surface area contributed by atoms with Crippen molar-refractivity contribution in [3.63, 3.8) is 0 Å². The Labute approximate surface area is 129 Å². The van der Waals surface area contributed by atoms with E-state index in [1.807, 2.05) is 0 Å². The Bertz CT molecular complexity index is 607. The molecule has 2 aromatic carbocycles. The zero-order valence-electron chi connectivity index (χ0n) is 12.2. The van der Waals surface area contributed by atoms with Gasteiger partial charge in [0.1, 0.15) is 0 Å². The van der Waals surface area contributed by atoms with Gasteiger partial charge < -0.3 is 5.32 Å². The maximum Gasteiger partial charge on any atom is 0.0348 e. The number of benzene rings is 2. The summed E-state index contributed by atoms with van der Waals surface area (Å²) in [5, 5.41) is 6.34. The van der Waals surface area contributed by atoms with Gasteiger partial charge in [-0.15, -0.1) is 0 Å². The third kappa shape index (κ3) is 3.01. The van der Waals surface area contributed by atoms with E-state index >= 15 is 0 Å². The van der Waals surface area contributed by atoms with Crippen LogP contribution in [0.4, 0.5) is 5.69 Å². The Morgan fingerprint density at radius 2 is 1.75 bits per heavy atom. The van der Waals surface area contributed by atoms with E-state index in [0.717, 1.165) is 16.3 Å². The summed E-state index contributed by atoms with van der Waals surface area (Å²) < 4.78 is 1.14. The molecule has 0 spiro atoms. The highest BCUT2D eigenvalue weighted by atomic mass is 79.9. The van der Waals surface area contributed by atoms with E-state index in [4.69, 9.17) is 0 Å². The zero-order valence-corrected chi connectivity index (χ0v) is 13.8. The van der Waals surface area contributed by atoms with Gasteiger partial charge in [-0.3, -0.25) is 0 Å².